The third kappa shape index (κ3) is 7.28. The van der Waals surface area contributed by atoms with E-state index in [0.29, 0.717) is 11.8 Å². The Morgan fingerprint density at radius 1 is 0.667 bits per heavy atom. The molecule has 0 spiro atoms. The van der Waals surface area contributed by atoms with E-state index in [0.717, 1.165) is 46.1 Å². The normalized spacial score (nSPS) is 13.3. The molecule has 3 rings (SSSR count). The fraction of sp³-hybridized carbons (Fsp3) is 0.519. The Labute approximate surface area is 218 Å². The van der Waals surface area contributed by atoms with E-state index < -0.39 is 0 Å². The lowest BCUT2D eigenvalue weighted by Crippen LogP contribution is -2.35. The van der Waals surface area contributed by atoms with Gasteiger partial charge in [-0.15, -0.1) is 37.2 Å². The van der Waals surface area contributed by atoms with E-state index in [9.17, 15) is 0 Å². The van der Waals surface area contributed by atoms with Crippen molar-refractivity contribution in [1.29, 1.82) is 0 Å². The van der Waals surface area contributed by atoms with E-state index >= 15 is 0 Å². The summed E-state index contributed by atoms with van der Waals surface area (Å²) in [5.41, 5.74) is 1.44. The number of ether oxygens (including phenoxy) is 2. The number of fused-ring (bicyclic) bond motifs is 2. The molecule has 2 unspecified atom stereocenters. The molecule has 1 aromatic heterocycles. The van der Waals surface area contributed by atoms with E-state index in [-0.39, 0.29) is 48.4 Å². The third-order valence-electron chi connectivity index (χ3n) is 6.92. The quantitative estimate of drug-likeness (QED) is 0.280. The summed E-state index contributed by atoms with van der Waals surface area (Å²) in [4.78, 5) is 4.93. The van der Waals surface area contributed by atoms with Crippen molar-refractivity contribution in [3.05, 3.63) is 42.5 Å². The van der Waals surface area contributed by atoms with Crippen LogP contribution in [0.3, 0.4) is 0 Å². The summed E-state index contributed by atoms with van der Waals surface area (Å²) in [7, 11) is 0. The predicted octanol–water partition coefficient (Wildman–Crippen LogP) is 9.06. The summed E-state index contributed by atoms with van der Waals surface area (Å²) >= 11 is 0. The molecule has 0 fully saturated rings. The fourth-order valence-corrected chi connectivity index (χ4v) is 3.70. The Bertz CT molecular complexity index is 957. The van der Waals surface area contributed by atoms with Gasteiger partial charge in [-0.25, -0.2) is 4.98 Å². The zero-order valence-corrected chi connectivity index (χ0v) is 23.5. The molecular weight excluding hydrogens is 477 g/mol. The molecule has 0 aliphatic heterocycles. The van der Waals surface area contributed by atoms with Gasteiger partial charge >= 0.3 is 0 Å². The second-order valence-electron chi connectivity index (χ2n) is 9.73. The number of hydrogen-bond acceptors (Lipinski definition) is 3. The van der Waals surface area contributed by atoms with Crippen LogP contribution >= 0.6 is 37.2 Å². The van der Waals surface area contributed by atoms with E-state index in [2.05, 4.69) is 85.7 Å². The number of hydrogen-bond donors (Lipinski definition) is 0. The molecule has 3 nitrogen and oxygen atoms in total. The molecule has 3 aromatic rings. The smallest absolute Gasteiger partial charge is 0.122 e. The summed E-state index contributed by atoms with van der Waals surface area (Å²) in [6.45, 7) is 17.5. The van der Waals surface area contributed by atoms with Gasteiger partial charge in [-0.1, -0.05) is 27.7 Å². The SMILES string of the molecule is CCC(C)C(C)(C)Oc1ccc2cc3ccc(OC(C)(C)C(C)CC)cc3nc2c1.Cl.Cl.Cl. The highest BCUT2D eigenvalue weighted by Gasteiger charge is 2.27. The Hall–Kier alpha value is -1.42. The Morgan fingerprint density at radius 3 is 1.36 bits per heavy atom. The maximum atomic E-state index is 6.34. The first-order valence-corrected chi connectivity index (χ1v) is 11.3. The monoisotopic (exact) mass is 515 g/mol. The fourth-order valence-electron chi connectivity index (χ4n) is 3.70. The molecule has 0 aliphatic carbocycles. The first kappa shape index (κ1) is 31.6. The van der Waals surface area contributed by atoms with Gasteiger partial charge in [0.15, 0.2) is 0 Å². The van der Waals surface area contributed by atoms with Crippen LogP contribution in [0.1, 0.15) is 68.2 Å². The van der Waals surface area contributed by atoms with Crippen molar-refractivity contribution in [3.8, 4) is 11.5 Å². The average Bonchev–Trinajstić information content (AvgIpc) is 2.70. The maximum Gasteiger partial charge on any atom is 0.122 e. The second kappa shape index (κ2) is 12.3. The van der Waals surface area contributed by atoms with Gasteiger partial charge in [0.25, 0.3) is 0 Å². The second-order valence-corrected chi connectivity index (χ2v) is 9.73. The van der Waals surface area contributed by atoms with Gasteiger partial charge in [-0.2, -0.15) is 0 Å². The topological polar surface area (TPSA) is 31.4 Å². The van der Waals surface area contributed by atoms with Gasteiger partial charge < -0.3 is 9.47 Å². The van der Waals surface area contributed by atoms with Crippen LogP contribution in [-0.4, -0.2) is 16.2 Å². The number of nitrogens with zero attached hydrogens (tertiary/aromatic N) is 1. The zero-order valence-electron chi connectivity index (χ0n) is 21.1. The molecule has 6 heteroatoms. The van der Waals surface area contributed by atoms with Gasteiger partial charge in [0, 0.05) is 22.9 Å². The third-order valence-corrected chi connectivity index (χ3v) is 6.92. The number of aromatic nitrogens is 1. The van der Waals surface area contributed by atoms with E-state index in [1.54, 1.807) is 0 Å². The predicted molar refractivity (Wildman–Crippen MR) is 149 cm³/mol. The molecule has 33 heavy (non-hydrogen) atoms. The van der Waals surface area contributed by atoms with Crippen molar-refractivity contribution in [2.75, 3.05) is 0 Å². The summed E-state index contributed by atoms with van der Waals surface area (Å²) < 4.78 is 12.7. The van der Waals surface area contributed by atoms with Crippen LogP contribution in [0, 0.1) is 11.8 Å². The van der Waals surface area contributed by atoms with E-state index in [1.165, 1.54) is 0 Å². The van der Waals surface area contributed by atoms with E-state index in [4.69, 9.17) is 14.5 Å². The minimum absolute atomic E-state index is 0. The first-order valence-electron chi connectivity index (χ1n) is 11.3. The minimum Gasteiger partial charge on any atom is -0.488 e. The molecule has 0 amide bonds. The Kier molecular flexibility index (Phi) is 11.8. The van der Waals surface area contributed by atoms with Gasteiger partial charge in [0.1, 0.15) is 22.7 Å². The molecule has 2 atom stereocenters. The van der Waals surface area contributed by atoms with Crippen LogP contribution in [-0.2, 0) is 0 Å². The van der Waals surface area contributed by atoms with Crippen LogP contribution in [0.25, 0.3) is 21.8 Å². The number of halogens is 3. The molecule has 0 saturated heterocycles. The van der Waals surface area contributed by atoms with Crippen molar-refractivity contribution in [2.45, 2.75) is 79.4 Å². The van der Waals surface area contributed by atoms with Gasteiger partial charge in [0.05, 0.1) is 11.0 Å². The molecule has 0 radical (unpaired) electrons. The largest absolute Gasteiger partial charge is 0.488 e. The zero-order chi connectivity index (χ0) is 22.1. The standard InChI is InChI=1S/C27H37NO2.3ClH/c1-9-18(3)26(5,6)29-22-13-11-20-15-21-12-14-23(17-25(21)28-24(20)16-22)30-27(7,8)19(4)10-2;;;/h11-19H,9-10H2,1-8H3;3*1H. The van der Waals surface area contributed by atoms with E-state index in [1.807, 2.05) is 12.1 Å². The Morgan fingerprint density at radius 2 is 1.03 bits per heavy atom. The van der Waals surface area contributed by atoms with Crippen LogP contribution in [0.15, 0.2) is 42.5 Å². The van der Waals surface area contributed by atoms with Gasteiger partial charge in [0.2, 0.25) is 0 Å². The molecule has 0 N–H and O–H groups in total. The lowest BCUT2D eigenvalue weighted by atomic mass is 9.90. The van der Waals surface area contributed by atoms with Crippen molar-refractivity contribution in [2.24, 2.45) is 11.8 Å². The number of rotatable bonds is 8. The number of pyridine rings is 1. The van der Waals surface area contributed by atoms with Crippen LogP contribution in [0.2, 0.25) is 0 Å². The molecule has 0 aliphatic rings. The molecular formula is C27H40Cl3NO2. The molecule has 0 saturated carbocycles. The highest BCUT2D eigenvalue weighted by atomic mass is 35.5. The Balaban J connectivity index is 0.00000341. The first-order chi connectivity index (χ1) is 14.1. The summed E-state index contributed by atoms with van der Waals surface area (Å²) in [6, 6.07) is 14.6. The summed E-state index contributed by atoms with van der Waals surface area (Å²) in [6.07, 6.45) is 2.17. The molecule has 2 aromatic carbocycles. The average molecular weight is 517 g/mol. The highest BCUT2D eigenvalue weighted by molar-refractivity contribution is 5.93. The minimum atomic E-state index is -0.220. The summed E-state index contributed by atoms with van der Waals surface area (Å²) in [5.74, 6) is 2.66. The maximum absolute atomic E-state index is 6.34. The van der Waals surface area contributed by atoms with Gasteiger partial charge in [-0.3, -0.25) is 0 Å². The lowest BCUT2D eigenvalue weighted by molar-refractivity contribution is 0.0500. The molecule has 1 heterocycles. The number of benzene rings is 2. The van der Waals surface area contributed by atoms with Crippen LogP contribution < -0.4 is 9.47 Å². The van der Waals surface area contributed by atoms with Crippen LogP contribution in [0.4, 0.5) is 0 Å². The van der Waals surface area contributed by atoms with Crippen LogP contribution in [0.5, 0.6) is 11.5 Å². The van der Waals surface area contributed by atoms with Crippen molar-refractivity contribution in [1.82, 2.24) is 4.98 Å². The van der Waals surface area contributed by atoms with Gasteiger partial charge in [-0.05, 0) is 82.7 Å². The van der Waals surface area contributed by atoms with Crippen molar-refractivity contribution >= 4 is 59.0 Å². The molecule has 186 valence electrons. The highest BCUT2D eigenvalue weighted by Crippen LogP contribution is 2.32. The van der Waals surface area contributed by atoms with Crippen molar-refractivity contribution < 1.29 is 9.47 Å². The van der Waals surface area contributed by atoms with Crippen molar-refractivity contribution in [3.63, 3.8) is 0 Å². The molecule has 0 bridgehead atoms. The summed E-state index contributed by atoms with van der Waals surface area (Å²) in [5, 5.41) is 2.23. The lowest BCUT2D eigenvalue weighted by Gasteiger charge is -2.32.